The third kappa shape index (κ3) is 2.94. The van der Waals surface area contributed by atoms with Crippen molar-refractivity contribution in [3.63, 3.8) is 0 Å². The summed E-state index contributed by atoms with van der Waals surface area (Å²) in [5.41, 5.74) is 0.338. The van der Waals surface area contributed by atoms with Gasteiger partial charge >= 0.3 is 5.97 Å². The van der Waals surface area contributed by atoms with Crippen LogP contribution in [0.5, 0.6) is 0 Å². The number of carboxylic acids is 1. The predicted molar refractivity (Wildman–Crippen MR) is 56.6 cm³/mol. The molecule has 1 unspecified atom stereocenters. The molecule has 3 nitrogen and oxygen atoms in total. The van der Waals surface area contributed by atoms with Crippen LogP contribution in [0.1, 0.15) is 24.3 Å². The molecule has 0 bridgehead atoms. The van der Waals surface area contributed by atoms with Gasteiger partial charge in [0, 0.05) is 6.42 Å². The van der Waals surface area contributed by atoms with Crippen molar-refractivity contribution in [1.82, 2.24) is 0 Å². The van der Waals surface area contributed by atoms with Gasteiger partial charge in [0.15, 0.2) is 0 Å². The van der Waals surface area contributed by atoms with Crippen LogP contribution in [0.25, 0.3) is 0 Å². The molecule has 0 radical (unpaired) electrons. The van der Waals surface area contributed by atoms with Crippen molar-refractivity contribution in [3.8, 4) is 6.07 Å². The maximum atomic E-state index is 13.1. The molecule has 0 spiro atoms. The third-order valence-electron chi connectivity index (χ3n) is 2.16. The second-order valence-electron chi connectivity index (χ2n) is 3.26. The first kappa shape index (κ1) is 12.5. The molecule has 0 fully saturated rings. The third-order valence-corrected chi connectivity index (χ3v) is 2.56. The van der Waals surface area contributed by atoms with Crippen LogP contribution < -0.4 is 0 Å². The molecule has 0 aliphatic rings. The Hall–Kier alpha value is -1.60. The number of aliphatic carboxylic acids is 1. The van der Waals surface area contributed by atoms with Crippen LogP contribution in [0.15, 0.2) is 18.2 Å². The fraction of sp³-hybridized carbons (Fsp3) is 0.273. The van der Waals surface area contributed by atoms with E-state index >= 15 is 0 Å². The fourth-order valence-corrected chi connectivity index (χ4v) is 1.60. The second-order valence-corrected chi connectivity index (χ2v) is 3.64. The molecule has 1 aromatic carbocycles. The number of carboxylic acid groups (broad SMARTS) is 1. The summed E-state index contributed by atoms with van der Waals surface area (Å²) in [6, 6.07) is 6.09. The van der Waals surface area contributed by atoms with Crippen molar-refractivity contribution in [2.45, 2.75) is 18.8 Å². The van der Waals surface area contributed by atoms with Gasteiger partial charge < -0.3 is 5.11 Å². The summed E-state index contributed by atoms with van der Waals surface area (Å²) < 4.78 is 13.1. The van der Waals surface area contributed by atoms with Crippen LogP contribution in [0.4, 0.5) is 4.39 Å². The highest BCUT2D eigenvalue weighted by molar-refractivity contribution is 6.31. The lowest BCUT2D eigenvalue weighted by Crippen LogP contribution is -2.02. The Labute approximate surface area is 97.1 Å². The molecule has 0 aromatic heterocycles. The Kier molecular flexibility index (Phi) is 4.27. The highest BCUT2D eigenvalue weighted by Gasteiger charge is 2.17. The van der Waals surface area contributed by atoms with E-state index in [1.165, 1.54) is 18.2 Å². The lowest BCUT2D eigenvalue weighted by molar-refractivity contribution is -0.137. The van der Waals surface area contributed by atoms with E-state index in [4.69, 9.17) is 22.0 Å². The van der Waals surface area contributed by atoms with Gasteiger partial charge in [0.2, 0.25) is 0 Å². The molecular weight excluding hydrogens is 233 g/mol. The highest BCUT2D eigenvalue weighted by Crippen LogP contribution is 2.29. The zero-order valence-electron chi connectivity index (χ0n) is 8.28. The zero-order chi connectivity index (χ0) is 12.1. The van der Waals surface area contributed by atoms with Gasteiger partial charge in [0.05, 0.1) is 17.0 Å². The Bertz CT molecular complexity index is 442. The molecule has 0 aliphatic heterocycles. The monoisotopic (exact) mass is 241 g/mol. The first-order valence-corrected chi connectivity index (χ1v) is 4.99. The first-order chi connectivity index (χ1) is 7.56. The van der Waals surface area contributed by atoms with E-state index in [9.17, 15) is 9.18 Å². The summed E-state index contributed by atoms with van der Waals surface area (Å²) in [7, 11) is 0. The minimum absolute atomic E-state index is 0.112. The number of hydrogen-bond acceptors (Lipinski definition) is 2. The van der Waals surface area contributed by atoms with E-state index in [1.807, 2.05) is 6.07 Å². The van der Waals surface area contributed by atoms with Gasteiger partial charge in [0.1, 0.15) is 5.82 Å². The Balaban J connectivity index is 2.92. The minimum Gasteiger partial charge on any atom is -0.481 e. The summed E-state index contributed by atoms with van der Waals surface area (Å²) in [5.74, 6) is -2.29. The van der Waals surface area contributed by atoms with Gasteiger partial charge in [-0.05, 0) is 18.1 Å². The van der Waals surface area contributed by atoms with Gasteiger partial charge in [-0.1, -0.05) is 23.7 Å². The van der Waals surface area contributed by atoms with E-state index in [0.29, 0.717) is 5.56 Å². The van der Waals surface area contributed by atoms with E-state index in [-0.39, 0.29) is 17.9 Å². The quantitative estimate of drug-likeness (QED) is 0.882. The van der Waals surface area contributed by atoms with Crippen molar-refractivity contribution < 1.29 is 14.3 Å². The van der Waals surface area contributed by atoms with Gasteiger partial charge in [-0.15, -0.1) is 0 Å². The maximum absolute atomic E-state index is 13.1. The van der Waals surface area contributed by atoms with E-state index in [0.717, 1.165) is 0 Å². The van der Waals surface area contributed by atoms with Crippen LogP contribution in [-0.4, -0.2) is 11.1 Å². The van der Waals surface area contributed by atoms with Crippen LogP contribution in [-0.2, 0) is 4.79 Å². The number of halogens is 2. The summed E-state index contributed by atoms with van der Waals surface area (Å²) in [6.07, 6.45) is -0.0277. The number of carbonyl (C=O) groups is 1. The molecule has 0 saturated carbocycles. The molecule has 84 valence electrons. The van der Waals surface area contributed by atoms with Gasteiger partial charge in [-0.3, -0.25) is 4.79 Å². The van der Waals surface area contributed by atoms with Crippen molar-refractivity contribution in [2.24, 2.45) is 0 Å². The molecule has 0 heterocycles. The van der Waals surface area contributed by atoms with Crippen molar-refractivity contribution in [2.75, 3.05) is 0 Å². The highest BCUT2D eigenvalue weighted by atomic mass is 35.5. The Morgan fingerprint density at radius 3 is 2.88 bits per heavy atom. The smallest absolute Gasteiger partial charge is 0.303 e. The van der Waals surface area contributed by atoms with Crippen LogP contribution in [0.3, 0.4) is 0 Å². The molecule has 1 aromatic rings. The van der Waals surface area contributed by atoms with E-state index in [1.54, 1.807) is 0 Å². The SMILES string of the molecule is N#CC(CCC(=O)O)c1cccc(F)c1Cl. The summed E-state index contributed by atoms with van der Waals surface area (Å²) in [6.45, 7) is 0. The summed E-state index contributed by atoms with van der Waals surface area (Å²) in [4.78, 5) is 10.4. The fourth-order valence-electron chi connectivity index (χ4n) is 1.35. The van der Waals surface area contributed by atoms with Crippen molar-refractivity contribution >= 4 is 17.6 Å². The van der Waals surface area contributed by atoms with Gasteiger partial charge in [0.25, 0.3) is 0 Å². The van der Waals surface area contributed by atoms with E-state index < -0.39 is 17.7 Å². The molecular formula is C11H9ClFNO2. The molecule has 1 rings (SSSR count). The summed E-state index contributed by atoms with van der Waals surface area (Å²) >= 11 is 5.71. The molecule has 0 aliphatic carbocycles. The number of hydrogen-bond donors (Lipinski definition) is 1. The first-order valence-electron chi connectivity index (χ1n) is 4.61. The maximum Gasteiger partial charge on any atom is 0.303 e. The number of nitriles is 1. The molecule has 0 amide bonds. The molecule has 16 heavy (non-hydrogen) atoms. The van der Waals surface area contributed by atoms with Crippen molar-refractivity contribution in [1.29, 1.82) is 5.26 Å². The lowest BCUT2D eigenvalue weighted by atomic mass is 9.95. The average molecular weight is 242 g/mol. The van der Waals surface area contributed by atoms with Gasteiger partial charge in [-0.2, -0.15) is 5.26 Å². The van der Waals surface area contributed by atoms with Crippen LogP contribution in [0.2, 0.25) is 5.02 Å². The topological polar surface area (TPSA) is 61.1 Å². The van der Waals surface area contributed by atoms with Crippen LogP contribution in [0, 0.1) is 17.1 Å². The molecule has 1 atom stereocenters. The lowest BCUT2D eigenvalue weighted by Gasteiger charge is -2.10. The minimum atomic E-state index is -0.993. The molecule has 1 N–H and O–H groups in total. The van der Waals surface area contributed by atoms with Crippen molar-refractivity contribution in [3.05, 3.63) is 34.6 Å². The van der Waals surface area contributed by atoms with Gasteiger partial charge in [-0.25, -0.2) is 4.39 Å². The predicted octanol–water partition coefficient (Wildman–Crippen LogP) is 2.95. The molecule has 5 heteroatoms. The number of benzene rings is 1. The Morgan fingerprint density at radius 2 is 2.31 bits per heavy atom. The van der Waals surface area contributed by atoms with Crippen LogP contribution >= 0.6 is 11.6 Å². The normalized spacial score (nSPS) is 11.8. The average Bonchev–Trinajstić information content (AvgIpc) is 2.24. The second kappa shape index (κ2) is 5.47. The Morgan fingerprint density at radius 1 is 1.62 bits per heavy atom. The summed E-state index contributed by atoms with van der Waals surface area (Å²) in [5, 5.41) is 17.3. The largest absolute Gasteiger partial charge is 0.481 e. The standard InChI is InChI=1S/C11H9ClFNO2/c12-11-8(2-1-3-9(11)13)7(6-14)4-5-10(15)16/h1-3,7H,4-5H2,(H,15,16). The molecule has 0 saturated heterocycles. The number of nitrogens with zero attached hydrogens (tertiary/aromatic N) is 1. The zero-order valence-corrected chi connectivity index (χ0v) is 9.04. The van der Waals surface area contributed by atoms with E-state index in [2.05, 4.69) is 0 Å². The number of rotatable bonds is 4.